The first-order valence-electron chi connectivity index (χ1n) is 12.8. The zero-order valence-corrected chi connectivity index (χ0v) is 22.0. The molecule has 2 fully saturated rings. The number of urea groups is 1. The van der Waals surface area contributed by atoms with Crippen LogP contribution in [0.4, 0.5) is 15.3 Å². The standard InChI is InChI=1S/C28H32N4O6/c1-16-13-20(37-4)7-8-21(16)23-10-5-17(2)32(23)24(33)15-31-25(34)28(38-27(31)36)12-11-18-14-19(6-9-22(18)28)30-26(35)29-3/h6-9,13-14,17,23H,5,10-12,15H2,1-4H3,(H2,29,30,35)/t17-,23-,28-/m1/s1. The van der Waals surface area contributed by atoms with Crippen LogP contribution in [0.15, 0.2) is 36.4 Å². The number of imide groups is 1. The van der Waals surface area contributed by atoms with Crippen LogP contribution in [0.2, 0.25) is 0 Å². The molecule has 2 heterocycles. The number of likely N-dealkylation sites (tertiary alicyclic amines) is 1. The molecule has 10 heteroatoms. The Morgan fingerprint density at radius 3 is 2.66 bits per heavy atom. The predicted octanol–water partition coefficient (Wildman–Crippen LogP) is 3.63. The number of aryl methyl sites for hydroxylation is 2. The molecule has 2 aromatic rings. The predicted molar refractivity (Wildman–Crippen MR) is 139 cm³/mol. The average molecular weight is 521 g/mol. The van der Waals surface area contributed by atoms with E-state index in [0.717, 1.165) is 40.2 Å². The minimum Gasteiger partial charge on any atom is -0.497 e. The number of nitrogens with zero attached hydrogens (tertiary/aromatic N) is 2. The summed E-state index contributed by atoms with van der Waals surface area (Å²) in [5.74, 6) is -0.0641. The quantitative estimate of drug-likeness (QED) is 0.622. The van der Waals surface area contributed by atoms with Crippen molar-refractivity contribution in [1.29, 1.82) is 0 Å². The van der Waals surface area contributed by atoms with Gasteiger partial charge in [0.05, 0.1) is 13.2 Å². The SMILES string of the molecule is CNC(=O)Nc1ccc2c(c1)CC[C@@]21OC(=O)N(CC(=O)N2[C@H](C)CC[C@@H]2c2ccc(OC)cc2C)C1=O. The van der Waals surface area contributed by atoms with Crippen molar-refractivity contribution in [3.8, 4) is 5.75 Å². The van der Waals surface area contributed by atoms with Gasteiger partial charge in [0.1, 0.15) is 12.3 Å². The second-order valence-electron chi connectivity index (χ2n) is 10.1. The van der Waals surface area contributed by atoms with E-state index >= 15 is 0 Å². The van der Waals surface area contributed by atoms with E-state index in [1.165, 1.54) is 7.05 Å². The molecule has 0 unspecified atom stereocenters. The van der Waals surface area contributed by atoms with Crippen molar-refractivity contribution in [2.75, 3.05) is 26.0 Å². The van der Waals surface area contributed by atoms with Gasteiger partial charge in [0.15, 0.2) is 0 Å². The maximum Gasteiger partial charge on any atom is 0.418 e. The number of benzene rings is 2. The summed E-state index contributed by atoms with van der Waals surface area (Å²) in [5.41, 5.74) is 2.59. The lowest BCUT2D eigenvalue weighted by atomic mass is 9.94. The maximum absolute atomic E-state index is 13.6. The van der Waals surface area contributed by atoms with Crippen molar-refractivity contribution in [1.82, 2.24) is 15.1 Å². The molecule has 2 saturated heterocycles. The van der Waals surface area contributed by atoms with Gasteiger partial charge in [0.2, 0.25) is 11.5 Å². The number of rotatable bonds is 5. The van der Waals surface area contributed by atoms with E-state index in [0.29, 0.717) is 17.7 Å². The molecule has 0 saturated carbocycles. The van der Waals surface area contributed by atoms with Crippen molar-refractivity contribution in [2.24, 2.45) is 0 Å². The molecule has 38 heavy (non-hydrogen) atoms. The number of hydrogen-bond donors (Lipinski definition) is 2. The van der Waals surface area contributed by atoms with Crippen molar-refractivity contribution in [2.45, 2.75) is 57.2 Å². The van der Waals surface area contributed by atoms with E-state index in [4.69, 9.17) is 9.47 Å². The molecule has 5 rings (SSSR count). The number of carbonyl (C=O) groups excluding carboxylic acids is 4. The molecular weight excluding hydrogens is 488 g/mol. The molecule has 5 amide bonds. The lowest BCUT2D eigenvalue weighted by Crippen LogP contribution is -2.46. The molecule has 0 bridgehead atoms. The molecule has 0 aromatic heterocycles. The molecule has 0 radical (unpaired) electrons. The average Bonchev–Trinajstić information content (AvgIpc) is 3.53. The van der Waals surface area contributed by atoms with Crippen LogP contribution in [0, 0.1) is 6.92 Å². The van der Waals surface area contributed by atoms with Crippen molar-refractivity contribution in [3.05, 3.63) is 58.7 Å². The summed E-state index contributed by atoms with van der Waals surface area (Å²) in [4.78, 5) is 54.6. The number of ether oxygens (including phenoxy) is 2. The van der Waals surface area contributed by atoms with E-state index in [9.17, 15) is 19.2 Å². The van der Waals surface area contributed by atoms with Crippen LogP contribution in [0.1, 0.15) is 54.5 Å². The number of amides is 5. The molecule has 200 valence electrons. The fourth-order valence-corrected chi connectivity index (χ4v) is 6.00. The second-order valence-corrected chi connectivity index (χ2v) is 10.1. The van der Waals surface area contributed by atoms with Gasteiger partial charge in [-0.2, -0.15) is 0 Å². The Kier molecular flexibility index (Phi) is 6.50. The third kappa shape index (κ3) is 4.13. The molecule has 2 aromatic carbocycles. The Bertz CT molecular complexity index is 1330. The van der Waals surface area contributed by atoms with Gasteiger partial charge < -0.3 is 25.0 Å². The van der Waals surface area contributed by atoms with Gasteiger partial charge >= 0.3 is 12.1 Å². The number of hydrogen-bond acceptors (Lipinski definition) is 6. The summed E-state index contributed by atoms with van der Waals surface area (Å²) in [7, 11) is 3.14. The van der Waals surface area contributed by atoms with Crippen LogP contribution in [0.25, 0.3) is 0 Å². The van der Waals surface area contributed by atoms with Crippen LogP contribution >= 0.6 is 0 Å². The molecule has 2 N–H and O–H groups in total. The summed E-state index contributed by atoms with van der Waals surface area (Å²) >= 11 is 0. The Morgan fingerprint density at radius 1 is 1.16 bits per heavy atom. The number of fused-ring (bicyclic) bond motifs is 2. The van der Waals surface area contributed by atoms with Gasteiger partial charge in [-0.05, 0) is 74.1 Å². The zero-order valence-electron chi connectivity index (χ0n) is 22.0. The van der Waals surface area contributed by atoms with Gasteiger partial charge in [-0.15, -0.1) is 0 Å². The summed E-state index contributed by atoms with van der Waals surface area (Å²) in [6.07, 6.45) is 1.59. The first kappa shape index (κ1) is 25.6. The number of anilines is 1. The molecule has 2 aliphatic heterocycles. The van der Waals surface area contributed by atoms with Gasteiger partial charge in [0.25, 0.3) is 5.91 Å². The Labute approximate surface area is 221 Å². The highest BCUT2D eigenvalue weighted by molar-refractivity contribution is 6.06. The van der Waals surface area contributed by atoms with Gasteiger partial charge in [-0.1, -0.05) is 12.1 Å². The van der Waals surface area contributed by atoms with Crippen molar-refractivity contribution in [3.63, 3.8) is 0 Å². The fourth-order valence-electron chi connectivity index (χ4n) is 6.00. The molecular formula is C28H32N4O6. The van der Waals surface area contributed by atoms with Crippen LogP contribution in [-0.2, 0) is 26.3 Å². The third-order valence-corrected chi connectivity index (χ3v) is 7.93. The van der Waals surface area contributed by atoms with Gasteiger partial charge in [-0.25, -0.2) is 14.5 Å². The fraction of sp³-hybridized carbons (Fsp3) is 0.429. The monoisotopic (exact) mass is 520 g/mol. The minimum absolute atomic E-state index is 0.0323. The van der Waals surface area contributed by atoms with Crippen LogP contribution < -0.4 is 15.4 Å². The highest BCUT2D eigenvalue weighted by atomic mass is 16.6. The normalized spacial score (nSPS) is 24.0. The highest BCUT2D eigenvalue weighted by Crippen LogP contribution is 2.46. The topological polar surface area (TPSA) is 117 Å². The molecule has 3 atom stereocenters. The first-order chi connectivity index (χ1) is 18.2. The smallest absolute Gasteiger partial charge is 0.418 e. The molecule has 1 aliphatic carbocycles. The highest BCUT2D eigenvalue weighted by Gasteiger charge is 2.58. The van der Waals surface area contributed by atoms with E-state index < -0.39 is 17.6 Å². The third-order valence-electron chi connectivity index (χ3n) is 7.93. The lowest BCUT2D eigenvalue weighted by Gasteiger charge is -2.31. The number of nitrogens with one attached hydrogen (secondary N) is 2. The lowest BCUT2D eigenvalue weighted by molar-refractivity contribution is -0.143. The van der Waals surface area contributed by atoms with E-state index in [1.807, 2.05) is 32.0 Å². The molecule has 10 nitrogen and oxygen atoms in total. The Hall–Kier alpha value is -4.08. The van der Waals surface area contributed by atoms with E-state index in [2.05, 4.69) is 10.6 Å². The Balaban J connectivity index is 1.36. The van der Waals surface area contributed by atoms with Gasteiger partial charge in [0, 0.05) is 30.8 Å². The van der Waals surface area contributed by atoms with Crippen molar-refractivity contribution >= 4 is 29.6 Å². The molecule has 1 spiro atoms. The molecule has 3 aliphatic rings. The number of methoxy groups -OCH3 is 1. The summed E-state index contributed by atoms with van der Waals surface area (Å²) in [5, 5.41) is 5.20. The second kappa shape index (κ2) is 9.66. The van der Waals surface area contributed by atoms with Crippen LogP contribution in [-0.4, -0.2) is 60.5 Å². The maximum atomic E-state index is 13.6. The van der Waals surface area contributed by atoms with E-state index in [-0.39, 0.29) is 37.0 Å². The van der Waals surface area contributed by atoms with Crippen LogP contribution in [0.3, 0.4) is 0 Å². The summed E-state index contributed by atoms with van der Waals surface area (Å²) in [6, 6.07) is 10.4. The Morgan fingerprint density at radius 2 is 1.95 bits per heavy atom. The first-order valence-corrected chi connectivity index (χ1v) is 12.8. The summed E-state index contributed by atoms with van der Waals surface area (Å²) in [6.45, 7) is 3.60. The summed E-state index contributed by atoms with van der Waals surface area (Å²) < 4.78 is 11.0. The van der Waals surface area contributed by atoms with Crippen LogP contribution in [0.5, 0.6) is 5.75 Å². The number of carbonyl (C=O) groups is 4. The largest absolute Gasteiger partial charge is 0.497 e. The minimum atomic E-state index is -1.44. The van der Waals surface area contributed by atoms with Crippen molar-refractivity contribution < 1.29 is 28.7 Å². The van der Waals surface area contributed by atoms with Gasteiger partial charge in [-0.3, -0.25) is 9.59 Å². The van der Waals surface area contributed by atoms with E-state index in [1.54, 1.807) is 30.2 Å². The zero-order chi connectivity index (χ0) is 27.2.